The highest BCUT2D eigenvalue weighted by Gasteiger charge is 2.19. The molecule has 20 heavy (non-hydrogen) atoms. The van der Waals surface area contributed by atoms with Crippen molar-refractivity contribution >= 4 is 35.1 Å². The Kier molecular flexibility index (Phi) is 5.48. The Morgan fingerprint density at radius 3 is 2.60 bits per heavy atom. The molecule has 0 aliphatic carbocycles. The molecule has 8 heteroatoms. The molecule has 0 spiro atoms. The van der Waals surface area contributed by atoms with Crippen LogP contribution in [0.1, 0.15) is 16.8 Å². The van der Waals surface area contributed by atoms with Gasteiger partial charge in [0.05, 0.1) is 30.8 Å². The van der Waals surface area contributed by atoms with Crippen LogP contribution in [-0.4, -0.2) is 30.9 Å². The number of hydrogen-bond acceptors (Lipinski definition) is 5. The molecule has 0 radical (unpaired) electrons. The van der Waals surface area contributed by atoms with Crippen LogP contribution in [-0.2, 0) is 14.3 Å². The molecule has 0 saturated heterocycles. The van der Waals surface area contributed by atoms with Crippen LogP contribution in [0.25, 0.3) is 0 Å². The van der Waals surface area contributed by atoms with Gasteiger partial charge in [-0.05, 0) is 18.2 Å². The Morgan fingerprint density at radius 2 is 2.05 bits per heavy atom. The summed E-state index contributed by atoms with van der Waals surface area (Å²) in [7, 11) is 1.20. The van der Waals surface area contributed by atoms with Gasteiger partial charge in [0, 0.05) is 5.02 Å². The second-order valence-electron chi connectivity index (χ2n) is 3.95. The number of esters is 1. The van der Waals surface area contributed by atoms with Crippen LogP contribution in [0.4, 0.5) is 5.69 Å². The zero-order valence-corrected chi connectivity index (χ0v) is 11.4. The molecule has 0 saturated carbocycles. The van der Waals surface area contributed by atoms with Gasteiger partial charge in [0.2, 0.25) is 11.8 Å². The van der Waals surface area contributed by atoms with Crippen molar-refractivity contribution in [2.45, 2.75) is 12.5 Å². The minimum atomic E-state index is -1.10. The Morgan fingerprint density at radius 1 is 1.40 bits per heavy atom. The van der Waals surface area contributed by atoms with Gasteiger partial charge in [-0.3, -0.25) is 9.59 Å². The largest absolute Gasteiger partial charge is 0.465 e. The first-order valence-electron chi connectivity index (χ1n) is 5.57. The summed E-state index contributed by atoms with van der Waals surface area (Å²) in [5.74, 6) is -2.00. The zero-order chi connectivity index (χ0) is 15.3. The number of halogens is 1. The average molecular weight is 300 g/mol. The number of ether oxygens (including phenoxy) is 1. The van der Waals surface area contributed by atoms with Gasteiger partial charge in [-0.15, -0.1) is 0 Å². The van der Waals surface area contributed by atoms with Gasteiger partial charge in [-0.1, -0.05) is 11.6 Å². The van der Waals surface area contributed by atoms with E-state index in [1.54, 1.807) is 0 Å². The topological polar surface area (TPSA) is 125 Å². The highest BCUT2D eigenvalue weighted by molar-refractivity contribution is 6.31. The molecule has 1 unspecified atom stereocenters. The van der Waals surface area contributed by atoms with Gasteiger partial charge in [-0.25, -0.2) is 4.79 Å². The fourth-order valence-corrected chi connectivity index (χ4v) is 1.61. The summed E-state index contributed by atoms with van der Waals surface area (Å²) in [4.78, 5) is 34.0. The minimum absolute atomic E-state index is 0.0830. The molecule has 5 N–H and O–H groups in total. The number of primary amides is 1. The number of nitrogens with two attached hydrogens (primary N) is 2. The maximum Gasteiger partial charge on any atom is 0.340 e. The van der Waals surface area contributed by atoms with Crippen LogP contribution in [0.3, 0.4) is 0 Å². The summed E-state index contributed by atoms with van der Waals surface area (Å²) in [6.45, 7) is 0. The van der Waals surface area contributed by atoms with Gasteiger partial charge in [0.1, 0.15) is 0 Å². The van der Waals surface area contributed by atoms with Gasteiger partial charge in [-0.2, -0.15) is 0 Å². The molecule has 0 aliphatic rings. The fourth-order valence-electron chi connectivity index (χ4n) is 1.44. The van der Waals surface area contributed by atoms with Crippen molar-refractivity contribution in [2.24, 2.45) is 11.5 Å². The van der Waals surface area contributed by atoms with E-state index in [2.05, 4.69) is 10.1 Å². The third-order valence-corrected chi connectivity index (χ3v) is 2.64. The number of benzene rings is 1. The molecule has 0 bridgehead atoms. The third kappa shape index (κ3) is 4.22. The number of rotatable bonds is 5. The lowest BCUT2D eigenvalue weighted by atomic mass is 10.1. The maximum atomic E-state index is 11.8. The number of carbonyl (C=O) groups excluding carboxylic acids is 3. The van der Waals surface area contributed by atoms with E-state index in [1.165, 1.54) is 25.3 Å². The van der Waals surface area contributed by atoms with Crippen molar-refractivity contribution in [3.63, 3.8) is 0 Å². The number of methoxy groups -OCH3 is 1. The van der Waals surface area contributed by atoms with E-state index in [-0.39, 0.29) is 17.7 Å². The fraction of sp³-hybridized carbons (Fsp3) is 0.250. The van der Waals surface area contributed by atoms with Crippen molar-refractivity contribution in [2.75, 3.05) is 12.4 Å². The molecule has 1 aromatic rings. The van der Waals surface area contributed by atoms with E-state index in [0.717, 1.165) is 0 Å². The Labute approximate surface area is 120 Å². The highest BCUT2D eigenvalue weighted by atomic mass is 35.5. The van der Waals surface area contributed by atoms with Gasteiger partial charge in [0.25, 0.3) is 0 Å². The standard InChI is InChI=1S/C12H14ClN3O4/c1-20-12(19)7-4-6(13)2-3-9(7)16-11(18)8(14)5-10(15)17/h2-4,8H,5,14H2,1H3,(H2,15,17)(H,16,18). The number of hydrogen-bond donors (Lipinski definition) is 3. The summed E-state index contributed by atoms with van der Waals surface area (Å²) < 4.78 is 4.58. The Bertz CT molecular complexity index is 548. The van der Waals surface area contributed by atoms with Gasteiger partial charge < -0.3 is 21.5 Å². The zero-order valence-electron chi connectivity index (χ0n) is 10.7. The van der Waals surface area contributed by atoms with E-state index < -0.39 is 23.8 Å². The molecule has 0 heterocycles. The monoisotopic (exact) mass is 299 g/mol. The molecule has 7 nitrogen and oxygen atoms in total. The molecule has 108 valence electrons. The summed E-state index contributed by atoms with van der Waals surface area (Å²) >= 11 is 5.78. The molecule has 0 aliphatic heterocycles. The smallest absolute Gasteiger partial charge is 0.340 e. The first kappa shape index (κ1) is 15.9. The molecule has 2 amide bonds. The SMILES string of the molecule is COC(=O)c1cc(Cl)ccc1NC(=O)C(N)CC(N)=O. The van der Waals surface area contributed by atoms with E-state index in [0.29, 0.717) is 5.02 Å². The van der Waals surface area contributed by atoms with E-state index in [4.69, 9.17) is 23.1 Å². The summed E-state index contributed by atoms with van der Waals surface area (Å²) in [6, 6.07) is 3.17. The molecule has 0 aromatic heterocycles. The lowest BCUT2D eigenvalue weighted by Gasteiger charge is -2.13. The number of nitrogens with one attached hydrogen (secondary N) is 1. The van der Waals surface area contributed by atoms with Crippen LogP contribution < -0.4 is 16.8 Å². The van der Waals surface area contributed by atoms with Crippen LogP contribution >= 0.6 is 11.6 Å². The summed E-state index contributed by atoms with van der Waals surface area (Å²) in [6.07, 6.45) is -0.299. The lowest BCUT2D eigenvalue weighted by molar-refractivity contribution is -0.123. The van der Waals surface area contributed by atoms with E-state index in [9.17, 15) is 14.4 Å². The number of anilines is 1. The lowest BCUT2D eigenvalue weighted by Crippen LogP contribution is -2.39. The van der Waals surface area contributed by atoms with Crippen molar-refractivity contribution in [1.82, 2.24) is 0 Å². The molecule has 1 aromatic carbocycles. The van der Waals surface area contributed by atoms with Crippen LogP contribution in [0, 0.1) is 0 Å². The first-order valence-corrected chi connectivity index (χ1v) is 5.95. The molecular formula is C12H14ClN3O4. The second-order valence-corrected chi connectivity index (χ2v) is 4.38. The molecule has 0 fully saturated rings. The van der Waals surface area contributed by atoms with Crippen molar-refractivity contribution in [3.05, 3.63) is 28.8 Å². The van der Waals surface area contributed by atoms with Crippen LogP contribution in [0.2, 0.25) is 5.02 Å². The van der Waals surface area contributed by atoms with Crippen molar-refractivity contribution in [1.29, 1.82) is 0 Å². The predicted molar refractivity (Wildman–Crippen MR) is 73.2 cm³/mol. The van der Waals surface area contributed by atoms with Crippen LogP contribution in [0.15, 0.2) is 18.2 Å². The second kappa shape index (κ2) is 6.88. The maximum absolute atomic E-state index is 11.8. The molecular weight excluding hydrogens is 286 g/mol. The van der Waals surface area contributed by atoms with E-state index in [1.807, 2.05) is 0 Å². The number of carbonyl (C=O) groups is 3. The Balaban J connectivity index is 2.94. The van der Waals surface area contributed by atoms with Gasteiger partial charge >= 0.3 is 5.97 Å². The van der Waals surface area contributed by atoms with Crippen LogP contribution in [0.5, 0.6) is 0 Å². The Hall–Kier alpha value is -2.12. The predicted octanol–water partition coefficient (Wildman–Crippen LogP) is 0.268. The normalized spacial score (nSPS) is 11.6. The van der Waals surface area contributed by atoms with Gasteiger partial charge in [0.15, 0.2) is 0 Å². The third-order valence-electron chi connectivity index (χ3n) is 2.40. The number of amides is 2. The highest BCUT2D eigenvalue weighted by Crippen LogP contribution is 2.21. The van der Waals surface area contributed by atoms with Crippen molar-refractivity contribution in [3.8, 4) is 0 Å². The summed E-state index contributed by atoms with van der Waals surface area (Å²) in [5.41, 5.74) is 10.7. The quantitative estimate of drug-likeness (QED) is 0.673. The molecule has 1 atom stereocenters. The average Bonchev–Trinajstić information content (AvgIpc) is 2.38. The van der Waals surface area contributed by atoms with E-state index >= 15 is 0 Å². The summed E-state index contributed by atoms with van der Waals surface area (Å²) in [5, 5.41) is 2.74. The minimum Gasteiger partial charge on any atom is -0.465 e. The first-order chi connectivity index (χ1) is 9.35. The van der Waals surface area contributed by atoms with Crippen molar-refractivity contribution < 1.29 is 19.1 Å². The molecule has 1 rings (SSSR count).